The minimum absolute atomic E-state index is 0.373. The van der Waals surface area contributed by atoms with E-state index in [-0.39, 0.29) is 0 Å². The summed E-state index contributed by atoms with van der Waals surface area (Å²) >= 11 is 0. The molecule has 1 saturated heterocycles. The number of anilines is 1. The first-order valence-corrected chi connectivity index (χ1v) is 6.95. The van der Waals surface area contributed by atoms with Gasteiger partial charge in [-0.3, -0.25) is 0 Å². The van der Waals surface area contributed by atoms with Crippen LogP contribution in [0.5, 0.6) is 0 Å². The number of nitrogens with zero attached hydrogens (tertiary/aromatic N) is 1. The molecule has 100 valence electrons. The molecule has 1 aliphatic heterocycles. The Bertz CT molecular complexity index is 342. The number of hydrogen-bond acceptors (Lipinski definition) is 3. The molecule has 2 unspecified atom stereocenters. The van der Waals surface area contributed by atoms with E-state index in [1.165, 1.54) is 18.5 Å². The van der Waals surface area contributed by atoms with Gasteiger partial charge < -0.3 is 15.4 Å². The van der Waals surface area contributed by atoms with Gasteiger partial charge in [-0.15, -0.1) is 0 Å². The highest BCUT2D eigenvalue weighted by molar-refractivity contribution is 5.46. The first-order chi connectivity index (χ1) is 8.79. The van der Waals surface area contributed by atoms with E-state index >= 15 is 0 Å². The summed E-state index contributed by atoms with van der Waals surface area (Å²) < 4.78 is 5.92. The zero-order valence-corrected chi connectivity index (χ0v) is 11.2. The number of nitrogens with two attached hydrogens (primary N) is 1. The number of hydrogen-bond donors (Lipinski definition) is 1. The first kappa shape index (κ1) is 13.4. The molecule has 3 nitrogen and oxygen atoms in total. The molecule has 1 heterocycles. The van der Waals surface area contributed by atoms with Crippen LogP contribution in [0.2, 0.25) is 0 Å². The number of rotatable bonds is 6. The molecule has 1 fully saturated rings. The van der Waals surface area contributed by atoms with E-state index in [1.807, 2.05) is 0 Å². The smallest absolute Gasteiger partial charge is 0.0754 e. The summed E-state index contributed by atoms with van der Waals surface area (Å²) in [6.07, 6.45) is 4.18. The van der Waals surface area contributed by atoms with Crippen LogP contribution in [0.15, 0.2) is 30.3 Å². The average Bonchev–Trinajstić information content (AvgIpc) is 2.81. The van der Waals surface area contributed by atoms with E-state index in [0.29, 0.717) is 12.2 Å². The Morgan fingerprint density at radius 3 is 2.67 bits per heavy atom. The molecule has 1 aromatic rings. The maximum Gasteiger partial charge on any atom is 0.0754 e. The van der Waals surface area contributed by atoms with Gasteiger partial charge in [0.1, 0.15) is 0 Å². The Morgan fingerprint density at radius 1 is 1.28 bits per heavy atom. The van der Waals surface area contributed by atoms with E-state index in [0.717, 1.165) is 26.1 Å². The largest absolute Gasteiger partial charge is 0.373 e. The molecule has 0 spiro atoms. The molecule has 18 heavy (non-hydrogen) atoms. The zero-order chi connectivity index (χ0) is 12.8. The van der Waals surface area contributed by atoms with E-state index in [1.54, 1.807) is 0 Å². The van der Waals surface area contributed by atoms with Crippen LogP contribution in [-0.4, -0.2) is 31.8 Å². The summed E-state index contributed by atoms with van der Waals surface area (Å²) in [6, 6.07) is 10.5. The summed E-state index contributed by atoms with van der Waals surface area (Å²) in [4.78, 5) is 2.40. The maximum atomic E-state index is 5.92. The van der Waals surface area contributed by atoms with Crippen LogP contribution >= 0.6 is 0 Å². The van der Waals surface area contributed by atoms with Gasteiger partial charge in [0, 0.05) is 18.8 Å². The molecule has 0 bridgehead atoms. The summed E-state index contributed by atoms with van der Waals surface area (Å²) in [6.45, 7) is 4.89. The molecule has 2 atom stereocenters. The summed E-state index contributed by atoms with van der Waals surface area (Å²) in [5.74, 6) is 0. The molecule has 3 heteroatoms. The monoisotopic (exact) mass is 248 g/mol. The normalized spacial score (nSPS) is 23.2. The number of benzene rings is 1. The van der Waals surface area contributed by atoms with Crippen LogP contribution in [0, 0.1) is 0 Å². The van der Waals surface area contributed by atoms with Crippen molar-refractivity contribution in [3.8, 4) is 0 Å². The van der Waals surface area contributed by atoms with Crippen LogP contribution in [0.25, 0.3) is 0 Å². The molecule has 2 N–H and O–H groups in total. The summed E-state index contributed by atoms with van der Waals surface area (Å²) in [7, 11) is 0. The van der Waals surface area contributed by atoms with Gasteiger partial charge in [0.05, 0.1) is 12.2 Å². The Morgan fingerprint density at radius 2 is 2.06 bits per heavy atom. The Kier molecular flexibility index (Phi) is 5.02. The molecular formula is C15H24N2O. The van der Waals surface area contributed by atoms with Crippen molar-refractivity contribution >= 4 is 5.69 Å². The lowest BCUT2D eigenvalue weighted by Gasteiger charge is -2.27. The van der Waals surface area contributed by atoms with Gasteiger partial charge in [-0.2, -0.15) is 0 Å². The van der Waals surface area contributed by atoms with E-state index in [2.05, 4.69) is 42.2 Å². The molecule has 0 radical (unpaired) electrons. The van der Waals surface area contributed by atoms with Crippen LogP contribution in [0.3, 0.4) is 0 Å². The van der Waals surface area contributed by atoms with Crippen molar-refractivity contribution in [1.29, 1.82) is 0 Å². The van der Waals surface area contributed by atoms with E-state index < -0.39 is 0 Å². The van der Waals surface area contributed by atoms with Crippen LogP contribution in [0.1, 0.15) is 26.2 Å². The Hall–Kier alpha value is -1.06. The highest BCUT2D eigenvalue weighted by Crippen LogP contribution is 2.22. The lowest BCUT2D eigenvalue weighted by Crippen LogP contribution is -2.34. The fourth-order valence-corrected chi connectivity index (χ4v) is 2.51. The van der Waals surface area contributed by atoms with Crippen molar-refractivity contribution in [2.75, 3.05) is 24.5 Å². The molecule has 0 saturated carbocycles. The van der Waals surface area contributed by atoms with Crippen molar-refractivity contribution in [2.45, 2.75) is 38.4 Å². The minimum Gasteiger partial charge on any atom is -0.373 e. The third kappa shape index (κ3) is 3.72. The summed E-state index contributed by atoms with van der Waals surface area (Å²) in [5, 5.41) is 0. The van der Waals surface area contributed by atoms with Crippen molar-refractivity contribution in [3.63, 3.8) is 0 Å². The van der Waals surface area contributed by atoms with Gasteiger partial charge in [0.2, 0.25) is 0 Å². The zero-order valence-electron chi connectivity index (χ0n) is 11.2. The fourth-order valence-electron chi connectivity index (χ4n) is 2.51. The fraction of sp³-hybridized carbons (Fsp3) is 0.600. The molecule has 1 aliphatic rings. The first-order valence-electron chi connectivity index (χ1n) is 6.95. The SMILES string of the molecule is CC1CCC(CN(CCCN)c2ccccc2)O1. The van der Waals surface area contributed by atoms with Gasteiger partial charge in [0.15, 0.2) is 0 Å². The van der Waals surface area contributed by atoms with Crippen LogP contribution in [0.4, 0.5) is 5.69 Å². The molecule has 1 aromatic carbocycles. The second kappa shape index (κ2) is 6.76. The lowest BCUT2D eigenvalue weighted by molar-refractivity contribution is 0.0600. The molecule has 0 aliphatic carbocycles. The third-order valence-corrected chi connectivity index (χ3v) is 3.50. The van der Waals surface area contributed by atoms with Crippen LogP contribution in [-0.2, 0) is 4.74 Å². The van der Waals surface area contributed by atoms with Crippen molar-refractivity contribution < 1.29 is 4.74 Å². The molecule has 0 aromatic heterocycles. The quantitative estimate of drug-likeness (QED) is 0.840. The number of para-hydroxylation sites is 1. The van der Waals surface area contributed by atoms with Crippen LogP contribution < -0.4 is 10.6 Å². The Balaban J connectivity index is 1.96. The van der Waals surface area contributed by atoms with Gasteiger partial charge >= 0.3 is 0 Å². The van der Waals surface area contributed by atoms with E-state index in [4.69, 9.17) is 10.5 Å². The second-order valence-corrected chi connectivity index (χ2v) is 5.07. The second-order valence-electron chi connectivity index (χ2n) is 5.07. The van der Waals surface area contributed by atoms with Crippen molar-refractivity contribution in [2.24, 2.45) is 5.73 Å². The molecular weight excluding hydrogens is 224 g/mol. The molecule has 2 rings (SSSR count). The average molecular weight is 248 g/mol. The summed E-state index contributed by atoms with van der Waals surface area (Å²) in [5.41, 5.74) is 6.90. The highest BCUT2D eigenvalue weighted by atomic mass is 16.5. The lowest BCUT2D eigenvalue weighted by atomic mass is 10.2. The van der Waals surface area contributed by atoms with Crippen molar-refractivity contribution in [3.05, 3.63) is 30.3 Å². The van der Waals surface area contributed by atoms with E-state index in [9.17, 15) is 0 Å². The van der Waals surface area contributed by atoms with Gasteiger partial charge in [-0.25, -0.2) is 0 Å². The van der Waals surface area contributed by atoms with Gasteiger partial charge in [-0.1, -0.05) is 18.2 Å². The van der Waals surface area contributed by atoms with Crippen molar-refractivity contribution in [1.82, 2.24) is 0 Å². The number of ether oxygens (including phenoxy) is 1. The molecule has 0 amide bonds. The predicted octanol–water partition coefficient (Wildman–Crippen LogP) is 2.41. The highest BCUT2D eigenvalue weighted by Gasteiger charge is 2.23. The topological polar surface area (TPSA) is 38.5 Å². The predicted molar refractivity (Wildman–Crippen MR) is 75.9 cm³/mol. The standard InChI is InChI=1S/C15H24N2O/c1-13-8-9-15(18-13)12-17(11-5-10-16)14-6-3-2-4-7-14/h2-4,6-7,13,15H,5,8-12,16H2,1H3. The Labute approximate surface area is 110 Å². The third-order valence-electron chi connectivity index (χ3n) is 3.50. The minimum atomic E-state index is 0.373. The van der Waals surface area contributed by atoms with Gasteiger partial charge in [0.25, 0.3) is 0 Å². The van der Waals surface area contributed by atoms with Gasteiger partial charge in [-0.05, 0) is 44.9 Å². The maximum absolute atomic E-state index is 5.92.